The zero-order chi connectivity index (χ0) is 16.2. The van der Waals surface area contributed by atoms with Crippen molar-refractivity contribution >= 4 is 28.6 Å². The maximum atomic E-state index is 11.8. The van der Waals surface area contributed by atoms with Crippen LogP contribution < -0.4 is 11.2 Å². The number of aromatic nitrogens is 1. The third kappa shape index (κ3) is 3.93. The van der Waals surface area contributed by atoms with E-state index in [1.165, 1.54) is 4.57 Å². The van der Waals surface area contributed by atoms with Crippen molar-refractivity contribution in [2.75, 3.05) is 6.61 Å². The smallest absolute Gasteiger partial charge is 0.408 e. The molecule has 1 aliphatic heterocycles. The minimum atomic E-state index is -0.522. The van der Waals surface area contributed by atoms with Crippen LogP contribution in [0.4, 0.5) is 0 Å². The van der Waals surface area contributed by atoms with Gasteiger partial charge in [0.1, 0.15) is 0 Å². The number of nitrogens with zero attached hydrogens (tertiary/aromatic N) is 1. The van der Waals surface area contributed by atoms with Gasteiger partial charge < -0.3 is 9.15 Å². The number of oxazole rings is 1. The summed E-state index contributed by atoms with van der Waals surface area (Å²) < 4.78 is 11.8. The van der Waals surface area contributed by atoms with Gasteiger partial charge in [0.25, 0.3) is 0 Å². The molecule has 0 unspecified atom stereocenters. The van der Waals surface area contributed by atoms with Gasteiger partial charge in [0.05, 0.1) is 5.52 Å². The van der Waals surface area contributed by atoms with Crippen LogP contribution in [0.15, 0.2) is 27.4 Å². The lowest BCUT2D eigenvalue weighted by Gasteiger charge is -2.22. The predicted octanol–water partition coefficient (Wildman–Crippen LogP) is 2.21. The summed E-state index contributed by atoms with van der Waals surface area (Å²) in [7, 11) is 0. The average Bonchev–Trinajstić information content (AvgIpc) is 2.86. The Morgan fingerprint density at radius 3 is 3.09 bits per heavy atom. The molecule has 0 saturated carbocycles. The van der Waals surface area contributed by atoms with Gasteiger partial charge in [0.15, 0.2) is 11.9 Å². The number of rotatable bonds is 5. The van der Waals surface area contributed by atoms with E-state index in [1.807, 2.05) is 0 Å². The zero-order valence-electron chi connectivity index (χ0n) is 12.4. The molecule has 0 radical (unpaired) electrons. The molecule has 1 amide bonds. The van der Waals surface area contributed by atoms with E-state index >= 15 is 0 Å². The second kappa shape index (κ2) is 7.16. The molecule has 7 nitrogen and oxygen atoms in total. The second-order valence-electron chi connectivity index (χ2n) is 5.32. The first-order valence-electron chi connectivity index (χ1n) is 7.48. The van der Waals surface area contributed by atoms with Crippen LogP contribution in [0.3, 0.4) is 0 Å². The first-order chi connectivity index (χ1) is 11.1. The molecular weight excluding hydrogens is 324 g/mol. The van der Waals surface area contributed by atoms with E-state index in [0.29, 0.717) is 22.7 Å². The summed E-state index contributed by atoms with van der Waals surface area (Å²) in [5, 5.41) is 0.483. The highest BCUT2D eigenvalue weighted by atomic mass is 35.5. The Labute approximate surface area is 137 Å². The van der Waals surface area contributed by atoms with Crippen LogP contribution in [0.5, 0.6) is 0 Å². The molecule has 1 aliphatic rings. The monoisotopic (exact) mass is 340 g/mol. The Bertz CT molecular complexity index is 748. The first kappa shape index (κ1) is 16.0. The first-order valence-corrected chi connectivity index (χ1v) is 7.86. The second-order valence-corrected chi connectivity index (χ2v) is 5.76. The quantitative estimate of drug-likeness (QED) is 0.844. The fraction of sp³-hybridized carbons (Fsp3) is 0.467. The topological polar surface area (TPSA) is 82.7 Å². The van der Waals surface area contributed by atoms with Crippen molar-refractivity contribution in [2.24, 2.45) is 0 Å². The summed E-state index contributed by atoms with van der Waals surface area (Å²) in [5.74, 6) is -0.846. The SMILES string of the molecule is O=C(CCn1c(=O)oc2cc(Cl)ccc21)NO[C@@H]1CCCCO1. The molecule has 3 rings (SSSR count). The van der Waals surface area contributed by atoms with Crippen LogP contribution in [0.25, 0.3) is 11.1 Å². The number of nitrogens with one attached hydrogen (secondary N) is 1. The van der Waals surface area contributed by atoms with E-state index < -0.39 is 12.0 Å². The highest BCUT2D eigenvalue weighted by Crippen LogP contribution is 2.18. The summed E-state index contributed by atoms with van der Waals surface area (Å²) in [4.78, 5) is 28.9. The molecule has 1 fully saturated rings. The normalized spacial score (nSPS) is 18.2. The number of halogens is 1. The molecule has 124 valence electrons. The van der Waals surface area contributed by atoms with Gasteiger partial charge in [0, 0.05) is 37.1 Å². The average molecular weight is 341 g/mol. The third-order valence-corrected chi connectivity index (χ3v) is 3.87. The molecule has 0 spiro atoms. The lowest BCUT2D eigenvalue weighted by Crippen LogP contribution is -2.33. The van der Waals surface area contributed by atoms with Gasteiger partial charge in [-0.05, 0) is 25.0 Å². The van der Waals surface area contributed by atoms with Gasteiger partial charge in [-0.2, -0.15) is 0 Å². The van der Waals surface area contributed by atoms with Crippen LogP contribution in [-0.2, 0) is 20.9 Å². The molecule has 1 N–H and O–H groups in total. The van der Waals surface area contributed by atoms with E-state index in [-0.39, 0.29) is 18.9 Å². The van der Waals surface area contributed by atoms with Crippen LogP contribution in [0.1, 0.15) is 25.7 Å². The highest BCUT2D eigenvalue weighted by molar-refractivity contribution is 6.31. The van der Waals surface area contributed by atoms with Crippen molar-refractivity contribution in [3.63, 3.8) is 0 Å². The minimum Gasteiger partial charge on any atom is -0.408 e. The van der Waals surface area contributed by atoms with Crippen molar-refractivity contribution in [1.82, 2.24) is 10.0 Å². The highest BCUT2D eigenvalue weighted by Gasteiger charge is 2.16. The molecular formula is C15H17ClN2O5. The number of aryl methyl sites for hydroxylation is 1. The maximum absolute atomic E-state index is 11.8. The van der Waals surface area contributed by atoms with Crippen molar-refractivity contribution < 1.29 is 18.8 Å². The van der Waals surface area contributed by atoms with Gasteiger partial charge in [-0.15, -0.1) is 0 Å². The van der Waals surface area contributed by atoms with Gasteiger partial charge in [-0.25, -0.2) is 15.1 Å². The van der Waals surface area contributed by atoms with Crippen LogP contribution in [0.2, 0.25) is 5.02 Å². The number of ether oxygens (including phenoxy) is 1. The molecule has 8 heteroatoms. The summed E-state index contributed by atoms with van der Waals surface area (Å²) in [6, 6.07) is 4.92. The molecule has 23 heavy (non-hydrogen) atoms. The van der Waals surface area contributed by atoms with Crippen LogP contribution in [-0.4, -0.2) is 23.4 Å². The minimum absolute atomic E-state index is 0.0872. The standard InChI is InChI=1S/C15H17ClN2O5/c16-10-4-5-11-12(9-10)22-15(20)18(11)7-6-13(19)17-23-14-3-1-2-8-21-14/h4-5,9,14H,1-3,6-8H2,(H,17,19)/t14-/m1/s1. The number of carbonyl (C=O) groups excluding carboxylic acids is 1. The van der Waals surface area contributed by atoms with Gasteiger partial charge in [-0.1, -0.05) is 11.6 Å². The molecule has 0 bridgehead atoms. The molecule has 1 saturated heterocycles. The molecule has 1 aromatic heterocycles. The largest absolute Gasteiger partial charge is 0.419 e. The van der Waals surface area contributed by atoms with Gasteiger partial charge >= 0.3 is 5.76 Å². The summed E-state index contributed by atoms with van der Waals surface area (Å²) >= 11 is 5.86. The number of fused-ring (bicyclic) bond motifs is 1. The van der Waals surface area contributed by atoms with Crippen molar-refractivity contribution in [3.05, 3.63) is 33.8 Å². The fourth-order valence-corrected chi connectivity index (χ4v) is 2.61. The Morgan fingerprint density at radius 1 is 1.43 bits per heavy atom. The lowest BCUT2D eigenvalue weighted by atomic mass is 10.2. The Morgan fingerprint density at radius 2 is 2.30 bits per heavy atom. The molecule has 0 aliphatic carbocycles. The molecule has 1 aromatic carbocycles. The van der Waals surface area contributed by atoms with Gasteiger partial charge in [0.2, 0.25) is 5.91 Å². The van der Waals surface area contributed by atoms with E-state index in [1.54, 1.807) is 18.2 Å². The van der Waals surface area contributed by atoms with Crippen molar-refractivity contribution in [2.45, 2.75) is 38.5 Å². The summed E-state index contributed by atoms with van der Waals surface area (Å²) in [5.41, 5.74) is 3.36. The lowest BCUT2D eigenvalue weighted by molar-refractivity contribution is -0.200. The summed E-state index contributed by atoms with van der Waals surface area (Å²) in [6.45, 7) is 0.827. The van der Waals surface area contributed by atoms with E-state index in [2.05, 4.69) is 5.48 Å². The number of amides is 1. The van der Waals surface area contributed by atoms with Crippen LogP contribution in [0, 0.1) is 0 Å². The van der Waals surface area contributed by atoms with Crippen LogP contribution >= 0.6 is 11.6 Å². The van der Waals surface area contributed by atoms with E-state index in [0.717, 1.165) is 19.3 Å². The number of hydroxylamine groups is 1. The Hall–Kier alpha value is -1.83. The van der Waals surface area contributed by atoms with Crippen molar-refractivity contribution in [1.29, 1.82) is 0 Å². The number of hydrogen-bond donors (Lipinski definition) is 1. The molecule has 1 atom stereocenters. The zero-order valence-corrected chi connectivity index (χ0v) is 13.2. The van der Waals surface area contributed by atoms with Crippen molar-refractivity contribution in [3.8, 4) is 0 Å². The van der Waals surface area contributed by atoms with E-state index in [9.17, 15) is 9.59 Å². The summed E-state index contributed by atoms with van der Waals surface area (Å²) in [6.07, 6.45) is 2.47. The number of benzene rings is 1. The number of carbonyl (C=O) groups is 1. The van der Waals surface area contributed by atoms with E-state index in [4.69, 9.17) is 25.6 Å². The molecule has 2 aromatic rings. The number of hydrogen-bond acceptors (Lipinski definition) is 5. The Kier molecular flexibility index (Phi) is 5.00. The Balaban J connectivity index is 1.56. The maximum Gasteiger partial charge on any atom is 0.419 e. The molecule has 2 heterocycles. The predicted molar refractivity (Wildman–Crippen MR) is 82.9 cm³/mol. The fourth-order valence-electron chi connectivity index (χ4n) is 2.45. The van der Waals surface area contributed by atoms with Gasteiger partial charge in [-0.3, -0.25) is 9.36 Å². The third-order valence-electron chi connectivity index (χ3n) is 3.63.